The van der Waals surface area contributed by atoms with Crippen molar-refractivity contribution in [3.63, 3.8) is 0 Å². The molecule has 0 atom stereocenters. The molecule has 1 aromatic carbocycles. The summed E-state index contributed by atoms with van der Waals surface area (Å²) in [5.74, 6) is 0.361. The van der Waals surface area contributed by atoms with Gasteiger partial charge in [0.05, 0.1) is 18.4 Å². The van der Waals surface area contributed by atoms with Gasteiger partial charge < -0.3 is 14.2 Å². The van der Waals surface area contributed by atoms with Crippen LogP contribution in [0, 0.1) is 0 Å². The molecule has 0 aliphatic rings. The lowest BCUT2D eigenvalue weighted by Crippen LogP contribution is -2.06. The number of rotatable bonds is 7. The normalized spacial score (nSPS) is 9.47. The van der Waals surface area contributed by atoms with Gasteiger partial charge in [-0.3, -0.25) is 0 Å². The standard InChI is InChI=1S/C13H16O4/c1-3-15-9-10-17-12-7-5-11(6-8-12)13(14)16-4-2/h3,5-8H,1,4,9-10H2,2H3. The third kappa shape index (κ3) is 4.59. The van der Waals surface area contributed by atoms with Gasteiger partial charge in [-0.15, -0.1) is 0 Å². The molecule has 0 fully saturated rings. The predicted octanol–water partition coefficient (Wildman–Crippen LogP) is 2.40. The summed E-state index contributed by atoms with van der Waals surface area (Å²) in [5.41, 5.74) is 0.515. The van der Waals surface area contributed by atoms with E-state index in [9.17, 15) is 4.79 Å². The first-order valence-electron chi connectivity index (χ1n) is 5.40. The Hall–Kier alpha value is -1.97. The second kappa shape index (κ2) is 7.33. The molecule has 17 heavy (non-hydrogen) atoms. The predicted molar refractivity (Wildman–Crippen MR) is 64.0 cm³/mol. The maximum Gasteiger partial charge on any atom is 0.338 e. The molecular weight excluding hydrogens is 220 g/mol. The van der Waals surface area contributed by atoms with Crippen LogP contribution in [0.5, 0.6) is 5.75 Å². The van der Waals surface area contributed by atoms with E-state index in [-0.39, 0.29) is 5.97 Å². The van der Waals surface area contributed by atoms with Gasteiger partial charge in [0.15, 0.2) is 0 Å². The van der Waals surface area contributed by atoms with E-state index in [4.69, 9.17) is 14.2 Å². The number of esters is 1. The number of hydrogen-bond donors (Lipinski definition) is 0. The van der Waals surface area contributed by atoms with Crippen molar-refractivity contribution in [3.05, 3.63) is 42.7 Å². The molecule has 4 heteroatoms. The molecule has 0 heterocycles. The summed E-state index contributed by atoms with van der Waals surface area (Å²) in [6, 6.07) is 6.78. The first-order valence-corrected chi connectivity index (χ1v) is 5.40. The van der Waals surface area contributed by atoms with Crippen LogP contribution in [-0.4, -0.2) is 25.8 Å². The van der Waals surface area contributed by atoms with Gasteiger partial charge in [-0.25, -0.2) is 4.79 Å². The van der Waals surface area contributed by atoms with Crippen molar-refractivity contribution in [1.82, 2.24) is 0 Å². The molecule has 0 spiro atoms. The van der Waals surface area contributed by atoms with E-state index in [1.165, 1.54) is 6.26 Å². The van der Waals surface area contributed by atoms with Gasteiger partial charge in [-0.1, -0.05) is 6.58 Å². The third-order valence-corrected chi connectivity index (χ3v) is 1.95. The highest BCUT2D eigenvalue weighted by molar-refractivity contribution is 5.89. The topological polar surface area (TPSA) is 44.8 Å². The molecular formula is C13H16O4. The van der Waals surface area contributed by atoms with Crippen LogP contribution in [0.4, 0.5) is 0 Å². The summed E-state index contributed by atoms with van der Waals surface area (Å²) in [4.78, 5) is 11.4. The van der Waals surface area contributed by atoms with Crippen LogP contribution < -0.4 is 4.74 Å². The molecule has 4 nitrogen and oxygen atoms in total. The van der Waals surface area contributed by atoms with Gasteiger partial charge in [-0.2, -0.15) is 0 Å². The Morgan fingerprint density at radius 2 is 2.00 bits per heavy atom. The molecule has 0 unspecified atom stereocenters. The molecule has 0 saturated carbocycles. The fourth-order valence-corrected chi connectivity index (χ4v) is 1.19. The van der Waals surface area contributed by atoms with Crippen molar-refractivity contribution in [1.29, 1.82) is 0 Å². The summed E-state index contributed by atoms with van der Waals surface area (Å²) >= 11 is 0. The number of carbonyl (C=O) groups is 1. The molecule has 0 saturated heterocycles. The van der Waals surface area contributed by atoms with Gasteiger partial charge in [0.25, 0.3) is 0 Å². The molecule has 0 amide bonds. The number of hydrogen-bond acceptors (Lipinski definition) is 4. The highest BCUT2D eigenvalue weighted by Gasteiger charge is 2.05. The summed E-state index contributed by atoms with van der Waals surface area (Å²) in [5, 5.41) is 0. The number of carbonyl (C=O) groups excluding carboxylic acids is 1. The van der Waals surface area contributed by atoms with Gasteiger partial charge in [0.2, 0.25) is 0 Å². The fraction of sp³-hybridized carbons (Fsp3) is 0.308. The zero-order valence-electron chi connectivity index (χ0n) is 9.85. The molecule has 0 bridgehead atoms. The minimum Gasteiger partial charge on any atom is -0.498 e. The van der Waals surface area contributed by atoms with Crippen LogP contribution in [0.2, 0.25) is 0 Å². The SMILES string of the molecule is C=COCCOc1ccc(C(=O)OCC)cc1. The molecule has 1 aromatic rings. The molecule has 0 N–H and O–H groups in total. The first-order chi connectivity index (χ1) is 8.27. The minimum absolute atomic E-state index is 0.325. The monoisotopic (exact) mass is 236 g/mol. The lowest BCUT2D eigenvalue weighted by Gasteiger charge is -2.06. The summed E-state index contributed by atoms with van der Waals surface area (Å²) in [6.07, 6.45) is 1.37. The molecule has 92 valence electrons. The van der Waals surface area contributed by atoms with Crippen molar-refractivity contribution in [2.24, 2.45) is 0 Å². The van der Waals surface area contributed by atoms with Crippen molar-refractivity contribution in [3.8, 4) is 5.75 Å². The van der Waals surface area contributed by atoms with E-state index >= 15 is 0 Å². The van der Waals surface area contributed by atoms with Gasteiger partial charge in [-0.05, 0) is 31.2 Å². The summed E-state index contributed by atoms with van der Waals surface area (Å²) in [6.45, 7) is 6.45. The van der Waals surface area contributed by atoms with Crippen LogP contribution in [0.3, 0.4) is 0 Å². The Labute approximate surface area is 101 Å². The van der Waals surface area contributed by atoms with E-state index in [2.05, 4.69) is 6.58 Å². The van der Waals surface area contributed by atoms with Crippen LogP contribution in [0.15, 0.2) is 37.1 Å². The van der Waals surface area contributed by atoms with Crippen molar-refractivity contribution >= 4 is 5.97 Å². The molecule has 0 aromatic heterocycles. The summed E-state index contributed by atoms with van der Waals surface area (Å²) < 4.78 is 15.2. The average molecular weight is 236 g/mol. The lowest BCUT2D eigenvalue weighted by molar-refractivity contribution is 0.0526. The van der Waals surface area contributed by atoms with Crippen LogP contribution in [0.1, 0.15) is 17.3 Å². The first kappa shape index (κ1) is 13.1. The molecule has 0 radical (unpaired) electrons. The number of benzene rings is 1. The second-order valence-corrected chi connectivity index (χ2v) is 3.13. The Balaban J connectivity index is 2.44. The largest absolute Gasteiger partial charge is 0.498 e. The smallest absolute Gasteiger partial charge is 0.338 e. The Kier molecular flexibility index (Phi) is 5.64. The summed E-state index contributed by atoms with van der Waals surface area (Å²) in [7, 11) is 0. The molecule has 0 aliphatic heterocycles. The quantitative estimate of drug-likeness (QED) is 0.414. The van der Waals surface area contributed by atoms with Gasteiger partial charge in [0, 0.05) is 0 Å². The van der Waals surface area contributed by atoms with Crippen molar-refractivity contribution in [2.45, 2.75) is 6.92 Å². The highest BCUT2D eigenvalue weighted by Crippen LogP contribution is 2.12. The van der Waals surface area contributed by atoms with Crippen molar-refractivity contribution < 1.29 is 19.0 Å². The van der Waals surface area contributed by atoms with Gasteiger partial charge in [0.1, 0.15) is 19.0 Å². The Morgan fingerprint density at radius 1 is 1.29 bits per heavy atom. The highest BCUT2D eigenvalue weighted by atomic mass is 16.5. The number of ether oxygens (including phenoxy) is 3. The maximum atomic E-state index is 11.4. The van der Waals surface area contributed by atoms with Crippen LogP contribution >= 0.6 is 0 Å². The fourth-order valence-electron chi connectivity index (χ4n) is 1.19. The zero-order valence-corrected chi connectivity index (χ0v) is 9.85. The van der Waals surface area contributed by atoms with Crippen LogP contribution in [0.25, 0.3) is 0 Å². The van der Waals surface area contributed by atoms with E-state index < -0.39 is 0 Å². The van der Waals surface area contributed by atoms with E-state index in [1.807, 2.05) is 0 Å². The van der Waals surface area contributed by atoms with Gasteiger partial charge >= 0.3 is 5.97 Å². The second-order valence-electron chi connectivity index (χ2n) is 3.13. The minimum atomic E-state index is -0.325. The molecule has 0 aliphatic carbocycles. The van der Waals surface area contributed by atoms with Crippen molar-refractivity contribution in [2.75, 3.05) is 19.8 Å². The molecule has 1 rings (SSSR count). The van der Waals surface area contributed by atoms with E-state index in [1.54, 1.807) is 31.2 Å². The Bertz CT molecular complexity index is 356. The zero-order chi connectivity index (χ0) is 12.5. The third-order valence-electron chi connectivity index (χ3n) is 1.95. The Morgan fingerprint density at radius 3 is 2.59 bits per heavy atom. The average Bonchev–Trinajstić information content (AvgIpc) is 2.36. The van der Waals surface area contributed by atoms with Crippen LogP contribution in [-0.2, 0) is 9.47 Å². The lowest BCUT2D eigenvalue weighted by atomic mass is 10.2. The maximum absolute atomic E-state index is 11.4. The van der Waals surface area contributed by atoms with E-state index in [0.29, 0.717) is 31.1 Å². The van der Waals surface area contributed by atoms with E-state index in [0.717, 1.165) is 0 Å².